The van der Waals surface area contributed by atoms with Crippen molar-refractivity contribution in [1.82, 2.24) is 9.80 Å². The Labute approximate surface area is 70.2 Å². The lowest BCUT2D eigenvalue weighted by atomic mass is 10.3. The number of hydrogen-bond donors (Lipinski definition) is 1. The van der Waals surface area contributed by atoms with Gasteiger partial charge in [-0.15, -0.1) is 0 Å². The second kappa shape index (κ2) is 5.52. The van der Waals surface area contributed by atoms with Crippen LogP contribution in [-0.4, -0.2) is 56.6 Å². The van der Waals surface area contributed by atoms with Crippen molar-refractivity contribution >= 4 is 0 Å². The molecule has 0 heterocycles. The van der Waals surface area contributed by atoms with Gasteiger partial charge in [0, 0.05) is 25.7 Å². The quantitative estimate of drug-likeness (QED) is 0.604. The molecule has 0 aromatic carbocycles. The topological polar surface area (TPSA) is 32.5 Å². The SMILES string of the molecule is CC(CN)N(C)CCN(C)C. The summed E-state index contributed by atoms with van der Waals surface area (Å²) in [6, 6.07) is 0.495. The standard InChI is InChI=1S/C8H21N3/c1-8(7-9)11(4)6-5-10(2)3/h8H,5-7,9H2,1-4H3. The van der Waals surface area contributed by atoms with Gasteiger partial charge in [0.25, 0.3) is 0 Å². The van der Waals surface area contributed by atoms with Gasteiger partial charge in [0.1, 0.15) is 0 Å². The number of rotatable bonds is 5. The molecule has 0 spiro atoms. The highest BCUT2D eigenvalue weighted by atomic mass is 15.2. The van der Waals surface area contributed by atoms with Gasteiger partial charge in [0.05, 0.1) is 0 Å². The number of nitrogens with zero attached hydrogens (tertiary/aromatic N) is 2. The van der Waals surface area contributed by atoms with E-state index in [4.69, 9.17) is 5.73 Å². The van der Waals surface area contributed by atoms with Gasteiger partial charge >= 0.3 is 0 Å². The van der Waals surface area contributed by atoms with Crippen LogP contribution in [0.4, 0.5) is 0 Å². The van der Waals surface area contributed by atoms with Crippen LogP contribution in [0, 0.1) is 0 Å². The monoisotopic (exact) mass is 159 g/mol. The minimum atomic E-state index is 0.495. The average molecular weight is 159 g/mol. The van der Waals surface area contributed by atoms with Gasteiger partial charge in [-0.05, 0) is 28.1 Å². The van der Waals surface area contributed by atoms with Gasteiger partial charge < -0.3 is 15.5 Å². The molecular formula is C8H21N3. The van der Waals surface area contributed by atoms with Crippen LogP contribution in [0.15, 0.2) is 0 Å². The number of nitrogens with two attached hydrogens (primary N) is 1. The third-order valence-corrected chi connectivity index (χ3v) is 1.99. The van der Waals surface area contributed by atoms with Gasteiger partial charge in [-0.25, -0.2) is 0 Å². The largest absolute Gasteiger partial charge is 0.329 e. The van der Waals surface area contributed by atoms with Crippen molar-refractivity contribution in [2.45, 2.75) is 13.0 Å². The normalized spacial score (nSPS) is 14.5. The highest BCUT2D eigenvalue weighted by Crippen LogP contribution is 1.91. The van der Waals surface area contributed by atoms with Crippen molar-refractivity contribution in [1.29, 1.82) is 0 Å². The third-order valence-electron chi connectivity index (χ3n) is 1.99. The summed E-state index contributed by atoms with van der Waals surface area (Å²) in [5.74, 6) is 0. The smallest absolute Gasteiger partial charge is 0.0187 e. The number of likely N-dealkylation sites (N-methyl/N-ethyl adjacent to an activating group) is 2. The first-order chi connectivity index (χ1) is 5.07. The summed E-state index contributed by atoms with van der Waals surface area (Å²) in [4.78, 5) is 4.46. The second-order valence-corrected chi connectivity index (χ2v) is 3.37. The highest BCUT2D eigenvalue weighted by molar-refractivity contribution is 4.63. The minimum Gasteiger partial charge on any atom is -0.329 e. The summed E-state index contributed by atoms with van der Waals surface area (Å²) < 4.78 is 0. The van der Waals surface area contributed by atoms with Crippen molar-refractivity contribution in [3.8, 4) is 0 Å². The lowest BCUT2D eigenvalue weighted by Gasteiger charge is -2.24. The molecule has 0 aromatic rings. The van der Waals surface area contributed by atoms with Crippen molar-refractivity contribution < 1.29 is 0 Å². The maximum absolute atomic E-state index is 5.52. The molecule has 0 saturated carbocycles. The summed E-state index contributed by atoms with van der Waals surface area (Å²) in [7, 11) is 6.28. The van der Waals surface area contributed by atoms with E-state index >= 15 is 0 Å². The van der Waals surface area contributed by atoms with E-state index in [0.29, 0.717) is 6.04 Å². The van der Waals surface area contributed by atoms with E-state index in [0.717, 1.165) is 19.6 Å². The van der Waals surface area contributed by atoms with Crippen LogP contribution in [0.3, 0.4) is 0 Å². The molecule has 0 amide bonds. The molecule has 0 aliphatic heterocycles. The van der Waals surface area contributed by atoms with E-state index < -0.39 is 0 Å². The van der Waals surface area contributed by atoms with Gasteiger partial charge in [0.15, 0.2) is 0 Å². The van der Waals surface area contributed by atoms with E-state index in [1.54, 1.807) is 0 Å². The molecule has 0 fully saturated rings. The fourth-order valence-corrected chi connectivity index (χ4v) is 0.758. The van der Waals surface area contributed by atoms with Crippen LogP contribution in [0.1, 0.15) is 6.92 Å². The van der Waals surface area contributed by atoms with E-state index in [1.165, 1.54) is 0 Å². The second-order valence-electron chi connectivity index (χ2n) is 3.37. The predicted octanol–water partition coefficient (Wildman–Crippen LogP) is -0.173. The van der Waals surface area contributed by atoms with Crippen LogP contribution in [0.5, 0.6) is 0 Å². The van der Waals surface area contributed by atoms with Crippen LogP contribution in [0.2, 0.25) is 0 Å². The fourth-order valence-electron chi connectivity index (χ4n) is 0.758. The molecule has 1 atom stereocenters. The Kier molecular flexibility index (Phi) is 5.46. The lowest BCUT2D eigenvalue weighted by molar-refractivity contribution is 0.233. The summed E-state index contributed by atoms with van der Waals surface area (Å²) in [6.45, 7) is 5.08. The summed E-state index contributed by atoms with van der Waals surface area (Å²) in [5.41, 5.74) is 5.52. The Morgan fingerprint density at radius 3 is 2.09 bits per heavy atom. The molecule has 3 nitrogen and oxygen atoms in total. The zero-order valence-corrected chi connectivity index (χ0v) is 8.17. The minimum absolute atomic E-state index is 0.495. The average Bonchev–Trinajstić information content (AvgIpc) is 1.98. The summed E-state index contributed by atoms with van der Waals surface area (Å²) in [6.07, 6.45) is 0. The molecule has 11 heavy (non-hydrogen) atoms. The highest BCUT2D eigenvalue weighted by Gasteiger charge is 2.05. The van der Waals surface area contributed by atoms with E-state index in [-0.39, 0.29) is 0 Å². The molecule has 0 radical (unpaired) electrons. The van der Waals surface area contributed by atoms with E-state index in [2.05, 4.69) is 37.9 Å². The molecule has 68 valence electrons. The summed E-state index contributed by atoms with van der Waals surface area (Å²) >= 11 is 0. The molecule has 0 aliphatic rings. The molecule has 0 bridgehead atoms. The molecule has 0 rings (SSSR count). The Morgan fingerprint density at radius 1 is 1.18 bits per heavy atom. The molecular weight excluding hydrogens is 138 g/mol. The van der Waals surface area contributed by atoms with Crippen LogP contribution in [0.25, 0.3) is 0 Å². The number of hydrogen-bond acceptors (Lipinski definition) is 3. The Balaban J connectivity index is 3.43. The third kappa shape index (κ3) is 5.18. The Hall–Kier alpha value is -0.120. The predicted molar refractivity (Wildman–Crippen MR) is 49.7 cm³/mol. The van der Waals surface area contributed by atoms with Crippen molar-refractivity contribution in [2.75, 3.05) is 40.8 Å². The zero-order valence-electron chi connectivity index (χ0n) is 8.17. The van der Waals surface area contributed by atoms with E-state index in [1.807, 2.05) is 0 Å². The molecule has 0 saturated heterocycles. The van der Waals surface area contributed by atoms with E-state index in [9.17, 15) is 0 Å². The van der Waals surface area contributed by atoms with Gasteiger partial charge in [-0.2, -0.15) is 0 Å². The first-order valence-electron chi connectivity index (χ1n) is 4.13. The maximum atomic E-state index is 5.52. The lowest BCUT2D eigenvalue weighted by Crippen LogP contribution is -2.39. The van der Waals surface area contributed by atoms with Crippen LogP contribution < -0.4 is 5.73 Å². The first-order valence-corrected chi connectivity index (χ1v) is 4.13. The van der Waals surface area contributed by atoms with Gasteiger partial charge in [0.2, 0.25) is 0 Å². The molecule has 2 N–H and O–H groups in total. The van der Waals surface area contributed by atoms with Crippen LogP contribution in [-0.2, 0) is 0 Å². The maximum Gasteiger partial charge on any atom is 0.0187 e. The Bertz CT molecular complexity index is 93.3. The molecule has 3 heteroatoms. The first kappa shape index (κ1) is 10.9. The molecule has 0 aliphatic carbocycles. The Morgan fingerprint density at radius 2 is 1.73 bits per heavy atom. The van der Waals surface area contributed by atoms with Crippen molar-refractivity contribution in [3.63, 3.8) is 0 Å². The zero-order chi connectivity index (χ0) is 8.85. The summed E-state index contributed by atoms with van der Waals surface area (Å²) in [5, 5.41) is 0. The van der Waals surface area contributed by atoms with Crippen LogP contribution >= 0.6 is 0 Å². The molecule has 0 aromatic heterocycles. The van der Waals surface area contributed by atoms with Crippen molar-refractivity contribution in [3.05, 3.63) is 0 Å². The van der Waals surface area contributed by atoms with Crippen molar-refractivity contribution in [2.24, 2.45) is 5.73 Å². The molecule has 1 unspecified atom stereocenters. The fraction of sp³-hybridized carbons (Fsp3) is 1.00. The van der Waals surface area contributed by atoms with Gasteiger partial charge in [-0.1, -0.05) is 0 Å². The van der Waals surface area contributed by atoms with Gasteiger partial charge in [-0.3, -0.25) is 0 Å².